The molecule has 21 heavy (non-hydrogen) atoms. The second kappa shape index (κ2) is 4.91. The number of amides is 2. The van der Waals surface area contributed by atoms with E-state index in [4.69, 9.17) is 9.47 Å². The Bertz CT molecular complexity index is 508. The first-order valence-electron chi connectivity index (χ1n) is 6.86. The second-order valence-corrected chi connectivity index (χ2v) is 7.92. The van der Waals surface area contributed by atoms with Crippen LogP contribution in [-0.2, 0) is 23.9 Å². The number of carbonyl (C=O) groups excluding carboxylic acids is 3. The molecule has 6 nitrogen and oxygen atoms in total. The summed E-state index contributed by atoms with van der Waals surface area (Å²) in [7, 11) is 0. The summed E-state index contributed by atoms with van der Waals surface area (Å²) < 4.78 is 9.84. The number of rotatable bonds is 4. The van der Waals surface area contributed by atoms with Crippen molar-refractivity contribution in [3.63, 3.8) is 0 Å². The molecular formula is C14H16BrNO5. The Morgan fingerprint density at radius 3 is 2.29 bits per heavy atom. The summed E-state index contributed by atoms with van der Waals surface area (Å²) in [5, 5.41) is 0. The summed E-state index contributed by atoms with van der Waals surface area (Å²) in [5.74, 6) is -1.69. The number of likely N-dealkylation sites (tertiary alicyclic amines) is 1. The van der Waals surface area contributed by atoms with Gasteiger partial charge in [0.15, 0.2) is 0 Å². The molecule has 0 radical (unpaired) electrons. The lowest BCUT2D eigenvalue weighted by molar-refractivity contribution is -0.150. The molecule has 2 fully saturated rings. The van der Waals surface area contributed by atoms with E-state index in [0.717, 1.165) is 0 Å². The van der Waals surface area contributed by atoms with Gasteiger partial charge in [-0.2, -0.15) is 0 Å². The van der Waals surface area contributed by atoms with E-state index in [0.29, 0.717) is 0 Å². The van der Waals surface area contributed by atoms with Crippen LogP contribution in [0, 0.1) is 11.8 Å². The third-order valence-electron chi connectivity index (χ3n) is 4.04. The molecule has 3 heterocycles. The summed E-state index contributed by atoms with van der Waals surface area (Å²) >= 11 is 3.20. The van der Waals surface area contributed by atoms with Crippen LogP contribution in [0.4, 0.5) is 0 Å². The zero-order valence-corrected chi connectivity index (χ0v) is 13.3. The van der Waals surface area contributed by atoms with Gasteiger partial charge in [-0.05, 0) is 13.8 Å². The van der Waals surface area contributed by atoms with E-state index in [1.54, 1.807) is 13.8 Å². The lowest BCUT2D eigenvalue weighted by Gasteiger charge is -2.19. The van der Waals surface area contributed by atoms with Gasteiger partial charge in [-0.15, -0.1) is 0 Å². The van der Waals surface area contributed by atoms with Gasteiger partial charge in [0.1, 0.15) is 10.9 Å². The fourth-order valence-electron chi connectivity index (χ4n) is 2.99. The first-order valence-corrected chi connectivity index (χ1v) is 7.65. The number of hydrogen-bond acceptors (Lipinski definition) is 5. The highest BCUT2D eigenvalue weighted by Gasteiger charge is 2.60. The van der Waals surface area contributed by atoms with Crippen molar-refractivity contribution in [3.8, 4) is 0 Å². The topological polar surface area (TPSA) is 72.9 Å². The number of ether oxygens (including phenoxy) is 2. The van der Waals surface area contributed by atoms with Crippen LogP contribution in [0.2, 0.25) is 0 Å². The molecule has 114 valence electrons. The number of fused-ring (bicyclic) bond motifs is 5. The Balaban J connectivity index is 1.60. The minimum atomic E-state index is -0.778. The third kappa shape index (κ3) is 2.32. The van der Waals surface area contributed by atoms with Gasteiger partial charge in [-0.3, -0.25) is 19.3 Å². The number of hydrogen-bond donors (Lipinski definition) is 0. The van der Waals surface area contributed by atoms with Gasteiger partial charge < -0.3 is 9.47 Å². The van der Waals surface area contributed by atoms with Gasteiger partial charge >= 0.3 is 5.97 Å². The summed E-state index contributed by atoms with van der Waals surface area (Å²) in [6, 6.07) is 0. The van der Waals surface area contributed by atoms with Crippen LogP contribution in [-0.4, -0.2) is 52.4 Å². The van der Waals surface area contributed by atoms with Crippen molar-refractivity contribution in [2.75, 3.05) is 13.2 Å². The molecule has 0 saturated carbocycles. The lowest BCUT2D eigenvalue weighted by atomic mass is 9.85. The van der Waals surface area contributed by atoms with E-state index in [1.807, 2.05) is 12.2 Å². The Labute approximate surface area is 130 Å². The lowest BCUT2D eigenvalue weighted by Crippen LogP contribution is -2.38. The molecule has 0 aromatic carbocycles. The molecule has 7 heteroatoms. The fourth-order valence-corrected chi connectivity index (χ4v) is 3.10. The molecule has 4 atom stereocenters. The highest BCUT2D eigenvalue weighted by molar-refractivity contribution is 9.10. The van der Waals surface area contributed by atoms with Crippen LogP contribution < -0.4 is 0 Å². The zero-order valence-electron chi connectivity index (χ0n) is 11.7. The first kappa shape index (κ1) is 14.7. The van der Waals surface area contributed by atoms with Crippen molar-refractivity contribution in [1.82, 2.24) is 4.90 Å². The Kier molecular flexibility index (Phi) is 3.44. The number of carbonyl (C=O) groups is 3. The van der Waals surface area contributed by atoms with Crippen molar-refractivity contribution in [2.45, 2.75) is 30.4 Å². The minimum Gasteiger partial charge on any atom is -0.463 e. The van der Waals surface area contributed by atoms with Crippen molar-refractivity contribution in [1.29, 1.82) is 0 Å². The van der Waals surface area contributed by atoms with Crippen LogP contribution in [0.1, 0.15) is 13.8 Å². The van der Waals surface area contributed by atoms with Crippen LogP contribution in [0.15, 0.2) is 12.2 Å². The Morgan fingerprint density at radius 2 is 1.81 bits per heavy atom. The molecule has 2 unspecified atom stereocenters. The monoisotopic (exact) mass is 357 g/mol. The van der Waals surface area contributed by atoms with E-state index in [2.05, 4.69) is 15.9 Å². The molecule has 0 aromatic heterocycles. The SMILES string of the molecule is CC(C)(Br)C(=O)OCCN1C(=O)C2C(C1=O)[C@H]1C=C[C@@H]2O1. The molecular weight excluding hydrogens is 342 g/mol. The van der Waals surface area contributed by atoms with Crippen LogP contribution >= 0.6 is 15.9 Å². The highest BCUT2D eigenvalue weighted by Crippen LogP contribution is 2.44. The van der Waals surface area contributed by atoms with Crippen molar-refractivity contribution >= 4 is 33.7 Å². The van der Waals surface area contributed by atoms with E-state index >= 15 is 0 Å². The van der Waals surface area contributed by atoms with Gasteiger partial charge in [0.05, 0.1) is 30.6 Å². The van der Waals surface area contributed by atoms with Crippen LogP contribution in [0.5, 0.6) is 0 Å². The quantitative estimate of drug-likeness (QED) is 0.319. The smallest absolute Gasteiger partial charge is 0.322 e. The van der Waals surface area contributed by atoms with Gasteiger partial charge in [-0.25, -0.2) is 0 Å². The molecule has 0 aromatic rings. The Morgan fingerprint density at radius 1 is 1.29 bits per heavy atom. The zero-order chi connectivity index (χ0) is 15.4. The maximum atomic E-state index is 12.3. The number of imide groups is 1. The number of halogens is 1. The summed E-state index contributed by atoms with van der Waals surface area (Å²) in [6.07, 6.45) is 3.11. The van der Waals surface area contributed by atoms with Crippen LogP contribution in [0.3, 0.4) is 0 Å². The van der Waals surface area contributed by atoms with Crippen molar-refractivity contribution in [3.05, 3.63) is 12.2 Å². The standard InChI is InChI=1S/C14H16BrNO5/c1-14(2,15)13(19)20-6-5-16-11(17)9-7-3-4-8(21-7)10(9)12(16)18/h3-4,7-10H,5-6H2,1-2H3/t7-,8+,9?,10?. The highest BCUT2D eigenvalue weighted by atomic mass is 79.9. The van der Waals surface area contributed by atoms with Crippen molar-refractivity contribution < 1.29 is 23.9 Å². The first-order chi connectivity index (χ1) is 9.80. The van der Waals surface area contributed by atoms with E-state index in [1.165, 1.54) is 4.90 Å². The van der Waals surface area contributed by atoms with E-state index in [-0.39, 0.29) is 37.2 Å². The minimum absolute atomic E-state index is 0.00834. The maximum absolute atomic E-state index is 12.3. The molecule has 3 rings (SSSR count). The predicted molar refractivity (Wildman–Crippen MR) is 75.5 cm³/mol. The summed E-state index contributed by atoms with van der Waals surface area (Å²) in [4.78, 5) is 37.4. The fraction of sp³-hybridized carbons (Fsp3) is 0.643. The average Bonchev–Trinajstić information content (AvgIpc) is 3.06. The molecule has 2 saturated heterocycles. The van der Waals surface area contributed by atoms with E-state index in [9.17, 15) is 14.4 Å². The molecule has 3 aliphatic rings. The van der Waals surface area contributed by atoms with Gasteiger partial charge in [-0.1, -0.05) is 28.1 Å². The maximum Gasteiger partial charge on any atom is 0.322 e. The van der Waals surface area contributed by atoms with Crippen molar-refractivity contribution in [2.24, 2.45) is 11.8 Å². The number of alkyl halides is 1. The molecule has 0 spiro atoms. The summed E-state index contributed by atoms with van der Waals surface area (Å²) in [5.41, 5.74) is 0. The predicted octanol–water partition coefficient (Wildman–Crippen LogP) is 0.641. The average molecular weight is 358 g/mol. The van der Waals surface area contributed by atoms with Gasteiger partial charge in [0, 0.05) is 0 Å². The normalized spacial score (nSPS) is 33.8. The van der Waals surface area contributed by atoms with E-state index < -0.39 is 22.1 Å². The molecule has 2 amide bonds. The largest absolute Gasteiger partial charge is 0.463 e. The van der Waals surface area contributed by atoms with Crippen LogP contribution in [0.25, 0.3) is 0 Å². The number of nitrogens with zero attached hydrogens (tertiary/aromatic N) is 1. The molecule has 0 aliphatic carbocycles. The molecule has 3 aliphatic heterocycles. The van der Waals surface area contributed by atoms with Gasteiger partial charge in [0.2, 0.25) is 11.8 Å². The second-order valence-electron chi connectivity index (χ2n) is 5.94. The summed E-state index contributed by atoms with van der Waals surface area (Å²) in [6.45, 7) is 3.45. The molecule has 0 N–H and O–H groups in total. The molecule has 2 bridgehead atoms. The third-order valence-corrected chi connectivity index (χ3v) is 4.36. The van der Waals surface area contributed by atoms with Gasteiger partial charge in [0.25, 0.3) is 0 Å². The Hall–Kier alpha value is -1.21. The number of esters is 1.